The average molecular weight is 294 g/mol. The Labute approximate surface area is 122 Å². The first-order valence-electron chi connectivity index (χ1n) is 6.19. The van der Waals surface area contributed by atoms with Crippen molar-refractivity contribution in [2.24, 2.45) is 7.05 Å². The zero-order valence-corrected chi connectivity index (χ0v) is 12.1. The van der Waals surface area contributed by atoms with Gasteiger partial charge in [0.05, 0.1) is 12.6 Å². The molecule has 0 saturated heterocycles. The van der Waals surface area contributed by atoms with Gasteiger partial charge in [-0.2, -0.15) is 0 Å². The van der Waals surface area contributed by atoms with Gasteiger partial charge in [-0.3, -0.25) is 10.1 Å². The number of aryl methyl sites for hydroxylation is 1. The molecule has 1 aromatic heterocycles. The number of halogens is 1. The number of rotatable bonds is 5. The molecule has 1 atom stereocenters. The number of aromatic nitrogens is 3. The standard InChI is InChI=1S/C13H16ClN5O/c1-9(13-18-16-8-19(13)2)15-7-12(20)17-11-5-3-4-10(14)6-11/h3-6,8-9,15H,7H2,1-2H3,(H,17,20). The van der Waals surface area contributed by atoms with Crippen LogP contribution in [0.1, 0.15) is 18.8 Å². The largest absolute Gasteiger partial charge is 0.325 e. The second kappa shape index (κ2) is 6.49. The molecular weight excluding hydrogens is 278 g/mol. The van der Waals surface area contributed by atoms with Crippen molar-refractivity contribution < 1.29 is 4.79 Å². The molecule has 1 amide bonds. The highest BCUT2D eigenvalue weighted by atomic mass is 35.5. The number of benzene rings is 1. The first-order valence-corrected chi connectivity index (χ1v) is 6.57. The first kappa shape index (κ1) is 14.5. The molecule has 20 heavy (non-hydrogen) atoms. The van der Waals surface area contributed by atoms with Gasteiger partial charge in [0.15, 0.2) is 0 Å². The molecule has 0 fully saturated rings. The van der Waals surface area contributed by atoms with Crippen molar-refractivity contribution in [3.05, 3.63) is 41.4 Å². The number of carbonyl (C=O) groups excluding carboxylic acids is 1. The molecule has 7 heteroatoms. The normalized spacial score (nSPS) is 12.2. The minimum absolute atomic E-state index is 0.0624. The van der Waals surface area contributed by atoms with Crippen LogP contribution >= 0.6 is 11.6 Å². The lowest BCUT2D eigenvalue weighted by Gasteiger charge is -2.12. The van der Waals surface area contributed by atoms with Crippen molar-refractivity contribution in [2.45, 2.75) is 13.0 Å². The fraction of sp³-hybridized carbons (Fsp3) is 0.308. The van der Waals surface area contributed by atoms with E-state index >= 15 is 0 Å². The fourth-order valence-corrected chi connectivity index (χ4v) is 1.98. The summed E-state index contributed by atoms with van der Waals surface area (Å²) >= 11 is 5.86. The van der Waals surface area contributed by atoms with Gasteiger partial charge >= 0.3 is 0 Å². The molecule has 0 spiro atoms. The molecule has 0 aliphatic heterocycles. The monoisotopic (exact) mass is 293 g/mol. The minimum Gasteiger partial charge on any atom is -0.325 e. The third kappa shape index (κ3) is 3.79. The Morgan fingerprint density at radius 2 is 2.30 bits per heavy atom. The summed E-state index contributed by atoms with van der Waals surface area (Å²) in [6.07, 6.45) is 1.62. The zero-order chi connectivity index (χ0) is 14.5. The van der Waals surface area contributed by atoms with Gasteiger partial charge < -0.3 is 9.88 Å². The lowest BCUT2D eigenvalue weighted by atomic mass is 10.3. The van der Waals surface area contributed by atoms with Crippen LogP contribution in [-0.2, 0) is 11.8 Å². The Morgan fingerprint density at radius 1 is 1.50 bits per heavy atom. The molecule has 106 valence electrons. The summed E-state index contributed by atoms with van der Waals surface area (Å²) < 4.78 is 1.81. The Bertz CT molecular complexity index is 598. The molecule has 0 bridgehead atoms. The van der Waals surface area contributed by atoms with Crippen LogP contribution in [0.2, 0.25) is 5.02 Å². The summed E-state index contributed by atoms with van der Waals surface area (Å²) in [6, 6.07) is 6.97. The molecule has 0 radical (unpaired) electrons. The molecule has 2 rings (SSSR count). The number of carbonyl (C=O) groups is 1. The number of hydrogen-bond acceptors (Lipinski definition) is 4. The molecule has 2 N–H and O–H groups in total. The van der Waals surface area contributed by atoms with Crippen LogP contribution < -0.4 is 10.6 Å². The summed E-state index contributed by atoms with van der Waals surface area (Å²) in [4.78, 5) is 11.8. The van der Waals surface area contributed by atoms with Crippen LogP contribution in [0.15, 0.2) is 30.6 Å². The number of nitrogens with one attached hydrogen (secondary N) is 2. The molecule has 6 nitrogen and oxygen atoms in total. The predicted octanol–water partition coefficient (Wildman–Crippen LogP) is 1.76. The summed E-state index contributed by atoms with van der Waals surface area (Å²) in [5.41, 5.74) is 0.676. The van der Waals surface area contributed by atoms with E-state index in [4.69, 9.17) is 11.6 Å². The summed E-state index contributed by atoms with van der Waals surface area (Å²) in [5.74, 6) is 0.641. The smallest absolute Gasteiger partial charge is 0.238 e. The van der Waals surface area contributed by atoms with Crippen molar-refractivity contribution in [1.82, 2.24) is 20.1 Å². The van der Waals surface area contributed by atoms with E-state index in [2.05, 4.69) is 20.8 Å². The number of anilines is 1. The zero-order valence-electron chi connectivity index (χ0n) is 11.3. The first-order chi connectivity index (χ1) is 9.56. The van der Waals surface area contributed by atoms with E-state index in [0.717, 1.165) is 5.82 Å². The van der Waals surface area contributed by atoms with Crippen molar-refractivity contribution in [1.29, 1.82) is 0 Å². The molecule has 0 aliphatic rings. The second-order valence-electron chi connectivity index (χ2n) is 4.46. The summed E-state index contributed by atoms with van der Waals surface area (Å²) in [7, 11) is 1.86. The van der Waals surface area contributed by atoms with Gasteiger partial charge in [-0.05, 0) is 25.1 Å². The number of amides is 1. The highest BCUT2D eigenvalue weighted by molar-refractivity contribution is 6.30. The van der Waals surface area contributed by atoms with Gasteiger partial charge in [-0.1, -0.05) is 17.7 Å². The molecular formula is C13H16ClN5O. The van der Waals surface area contributed by atoms with E-state index in [0.29, 0.717) is 10.7 Å². The van der Waals surface area contributed by atoms with Crippen molar-refractivity contribution in [3.63, 3.8) is 0 Å². The minimum atomic E-state index is -0.138. The summed E-state index contributed by atoms with van der Waals surface area (Å²) in [6.45, 7) is 2.11. The molecule has 1 heterocycles. The van der Waals surface area contributed by atoms with Crippen LogP contribution in [0.4, 0.5) is 5.69 Å². The fourth-order valence-electron chi connectivity index (χ4n) is 1.79. The highest BCUT2D eigenvalue weighted by Gasteiger charge is 2.12. The molecule has 0 saturated carbocycles. The Hall–Kier alpha value is -1.92. The average Bonchev–Trinajstić information content (AvgIpc) is 2.82. The van der Waals surface area contributed by atoms with Crippen LogP contribution in [0.3, 0.4) is 0 Å². The van der Waals surface area contributed by atoms with Gasteiger partial charge in [0.2, 0.25) is 5.91 Å². The lowest BCUT2D eigenvalue weighted by molar-refractivity contribution is -0.115. The number of hydrogen-bond donors (Lipinski definition) is 2. The van der Waals surface area contributed by atoms with E-state index in [9.17, 15) is 4.79 Å². The van der Waals surface area contributed by atoms with E-state index < -0.39 is 0 Å². The summed E-state index contributed by atoms with van der Waals surface area (Å²) in [5, 5.41) is 14.2. The molecule has 0 aliphatic carbocycles. The highest BCUT2D eigenvalue weighted by Crippen LogP contribution is 2.14. The SMILES string of the molecule is CC(NCC(=O)Nc1cccc(Cl)c1)c1nncn1C. The Balaban J connectivity index is 1.85. The maximum Gasteiger partial charge on any atom is 0.238 e. The second-order valence-corrected chi connectivity index (χ2v) is 4.90. The van der Waals surface area contributed by atoms with E-state index in [1.807, 2.05) is 18.5 Å². The van der Waals surface area contributed by atoms with E-state index in [-0.39, 0.29) is 18.5 Å². The van der Waals surface area contributed by atoms with Gasteiger partial charge in [-0.15, -0.1) is 10.2 Å². The van der Waals surface area contributed by atoms with Crippen molar-refractivity contribution in [3.8, 4) is 0 Å². The van der Waals surface area contributed by atoms with Crippen molar-refractivity contribution in [2.75, 3.05) is 11.9 Å². The quantitative estimate of drug-likeness (QED) is 0.881. The van der Waals surface area contributed by atoms with Crippen LogP contribution in [-0.4, -0.2) is 27.2 Å². The van der Waals surface area contributed by atoms with Gasteiger partial charge in [-0.25, -0.2) is 0 Å². The Kier molecular flexibility index (Phi) is 4.70. The van der Waals surface area contributed by atoms with Crippen LogP contribution in [0.25, 0.3) is 0 Å². The predicted molar refractivity (Wildman–Crippen MR) is 77.5 cm³/mol. The van der Waals surface area contributed by atoms with Crippen LogP contribution in [0.5, 0.6) is 0 Å². The molecule has 2 aromatic rings. The van der Waals surface area contributed by atoms with Gasteiger partial charge in [0.25, 0.3) is 0 Å². The van der Waals surface area contributed by atoms with Gasteiger partial charge in [0.1, 0.15) is 12.2 Å². The molecule has 1 unspecified atom stereocenters. The maximum atomic E-state index is 11.8. The molecule has 1 aromatic carbocycles. The van der Waals surface area contributed by atoms with Crippen molar-refractivity contribution >= 4 is 23.2 Å². The third-order valence-corrected chi connectivity index (χ3v) is 3.05. The lowest BCUT2D eigenvalue weighted by Crippen LogP contribution is -2.31. The maximum absolute atomic E-state index is 11.8. The van der Waals surface area contributed by atoms with Gasteiger partial charge in [0, 0.05) is 17.8 Å². The third-order valence-electron chi connectivity index (χ3n) is 2.81. The Morgan fingerprint density at radius 3 is 2.95 bits per heavy atom. The topological polar surface area (TPSA) is 71.8 Å². The van der Waals surface area contributed by atoms with Crippen LogP contribution in [0, 0.1) is 0 Å². The van der Waals surface area contributed by atoms with E-state index in [1.54, 1.807) is 30.6 Å². The number of nitrogens with zero attached hydrogens (tertiary/aromatic N) is 3. The van der Waals surface area contributed by atoms with E-state index in [1.165, 1.54) is 0 Å².